The Balaban J connectivity index is 2.68. The predicted octanol–water partition coefficient (Wildman–Crippen LogP) is 1.93. The zero-order valence-corrected chi connectivity index (χ0v) is 11.4. The molecule has 1 atom stereocenters. The molecule has 0 radical (unpaired) electrons. The molecule has 5 nitrogen and oxygen atoms in total. The van der Waals surface area contributed by atoms with Crippen molar-refractivity contribution in [1.82, 2.24) is 0 Å². The molecular formula is C13H17F3N2O3. The Morgan fingerprint density at radius 2 is 2.05 bits per heavy atom. The molecule has 0 aromatic heterocycles. The molecule has 0 bridgehead atoms. The molecule has 0 heterocycles. The smallest absolute Gasteiger partial charge is 0.422 e. The number of anilines is 1. The average Bonchev–Trinajstić information content (AvgIpc) is 2.42. The normalized spacial score (nSPS) is 12.8. The van der Waals surface area contributed by atoms with E-state index in [2.05, 4.69) is 10.1 Å². The first-order valence-electron chi connectivity index (χ1n) is 6.17. The summed E-state index contributed by atoms with van der Waals surface area (Å²) < 4.78 is 45.9. The maximum atomic E-state index is 12.2. The highest BCUT2D eigenvalue weighted by atomic mass is 19.4. The summed E-state index contributed by atoms with van der Waals surface area (Å²) in [6.07, 6.45) is -4.15. The molecule has 0 aliphatic carbocycles. The van der Waals surface area contributed by atoms with Gasteiger partial charge in [0.15, 0.2) is 6.61 Å². The van der Waals surface area contributed by atoms with Gasteiger partial charge in [0.1, 0.15) is 5.75 Å². The van der Waals surface area contributed by atoms with Crippen LogP contribution in [-0.2, 0) is 9.53 Å². The monoisotopic (exact) mass is 306 g/mol. The van der Waals surface area contributed by atoms with Gasteiger partial charge in [-0.25, -0.2) is 0 Å². The lowest BCUT2D eigenvalue weighted by atomic mass is 10.2. The first-order valence-corrected chi connectivity index (χ1v) is 6.17. The number of carbonyl (C=O) groups excluding carboxylic acids is 1. The van der Waals surface area contributed by atoms with Crippen LogP contribution in [0.1, 0.15) is 6.42 Å². The average molecular weight is 306 g/mol. The number of methoxy groups -OCH3 is 1. The minimum Gasteiger partial charge on any atom is -0.482 e. The number of amides is 1. The summed E-state index contributed by atoms with van der Waals surface area (Å²) in [5.41, 5.74) is 5.77. The Labute approximate surface area is 120 Å². The van der Waals surface area contributed by atoms with Crippen molar-refractivity contribution in [3.05, 3.63) is 24.3 Å². The van der Waals surface area contributed by atoms with Crippen LogP contribution in [0.2, 0.25) is 0 Å². The standard InChI is InChI=1S/C13H17F3N2O3/c1-20-7-6-9(17)12(19)18-10-4-2-3-5-11(10)21-8-13(14,15)16/h2-5,9H,6-8,17H2,1H3,(H,18,19). The van der Waals surface area contributed by atoms with Gasteiger partial charge < -0.3 is 20.5 Å². The topological polar surface area (TPSA) is 73.6 Å². The largest absolute Gasteiger partial charge is 0.482 e. The summed E-state index contributed by atoms with van der Waals surface area (Å²) in [5, 5.41) is 2.44. The third-order valence-corrected chi connectivity index (χ3v) is 2.51. The van der Waals surface area contributed by atoms with Gasteiger partial charge in [0.2, 0.25) is 5.91 Å². The zero-order chi connectivity index (χ0) is 15.9. The maximum Gasteiger partial charge on any atom is 0.422 e. The molecule has 1 amide bonds. The van der Waals surface area contributed by atoms with Gasteiger partial charge in [-0.15, -0.1) is 0 Å². The third kappa shape index (κ3) is 6.46. The molecule has 1 aromatic carbocycles. The summed E-state index contributed by atoms with van der Waals surface area (Å²) in [5.74, 6) is -0.586. The SMILES string of the molecule is COCCC(N)C(=O)Nc1ccccc1OCC(F)(F)F. The van der Waals surface area contributed by atoms with Crippen molar-refractivity contribution in [2.45, 2.75) is 18.6 Å². The highest BCUT2D eigenvalue weighted by Gasteiger charge is 2.29. The van der Waals surface area contributed by atoms with E-state index < -0.39 is 24.7 Å². The Morgan fingerprint density at radius 1 is 1.38 bits per heavy atom. The number of benzene rings is 1. The van der Waals surface area contributed by atoms with Crippen molar-refractivity contribution in [3.8, 4) is 5.75 Å². The molecule has 0 aliphatic heterocycles. The fourth-order valence-corrected chi connectivity index (χ4v) is 1.46. The van der Waals surface area contributed by atoms with Crippen molar-refractivity contribution in [2.75, 3.05) is 25.6 Å². The van der Waals surface area contributed by atoms with E-state index in [0.29, 0.717) is 13.0 Å². The molecule has 118 valence electrons. The molecule has 0 aliphatic rings. The molecule has 1 aromatic rings. The molecule has 21 heavy (non-hydrogen) atoms. The van der Waals surface area contributed by atoms with Crippen LogP contribution >= 0.6 is 0 Å². The van der Waals surface area contributed by atoms with Crippen LogP contribution < -0.4 is 15.8 Å². The van der Waals surface area contributed by atoms with Crippen LogP contribution in [-0.4, -0.2) is 38.4 Å². The van der Waals surface area contributed by atoms with Crippen molar-refractivity contribution in [2.24, 2.45) is 5.73 Å². The number of nitrogens with two attached hydrogens (primary N) is 1. The Bertz CT molecular complexity index is 466. The van der Waals surface area contributed by atoms with Crippen LogP contribution in [0.4, 0.5) is 18.9 Å². The summed E-state index contributed by atoms with van der Waals surface area (Å²) in [6, 6.07) is 5.03. The number of carbonyl (C=O) groups is 1. The summed E-state index contributed by atoms with van der Waals surface area (Å²) in [4.78, 5) is 11.8. The molecule has 0 saturated heterocycles. The number of nitrogens with one attached hydrogen (secondary N) is 1. The fourth-order valence-electron chi connectivity index (χ4n) is 1.46. The lowest BCUT2D eigenvalue weighted by Crippen LogP contribution is -2.36. The van der Waals surface area contributed by atoms with Crippen molar-refractivity contribution < 1.29 is 27.4 Å². The molecule has 0 saturated carbocycles. The van der Waals surface area contributed by atoms with Gasteiger partial charge in [-0.2, -0.15) is 13.2 Å². The van der Waals surface area contributed by atoms with Gasteiger partial charge in [0, 0.05) is 13.7 Å². The second-order valence-corrected chi connectivity index (χ2v) is 4.28. The van der Waals surface area contributed by atoms with Crippen LogP contribution in [0.5, 0.6) is 5.75 Å². The Hall–Kier alpha value is -1.80. The summed E-state index contributed by atoms with van der Waals surface area (Å²) in [6.45, 7) is -1.13. The number of halogens is 3. The summed E-state index contributed by atoms with van der Waals surface area (Å²) in [7, 11) is 1.48. The van der Waals surface area contributed by atoms with Crippen LogP contribution in [0.3, 0.4) is 0 Å². The number of alkyl halides is 3. The summed E-state index contributed by atoms with van der Waals surface area (Å²) >= 11 is 0. The highest BCUT2D eigenvalue weighted by Crippen LogP contribution is 2.26. The van der Waals surface area contributed by atoms with Gasteiger partial charge in [-0.1, -0.05) is 12.1 Å². The quantitative estimate of drug-likeness (QED) is 0.807. The first-order chi connectivity index (χ1) is 9.83. The van der Waals surface area contributed by atoms with Crippen molar-refractivity contribution >= 4 is 11.6 Å². The van der Waals surface area contributed by atoms with E-state index >= 15 is 0 Å². The van der Waals surface area contributed by atoms with Gasteiger partial charge in [0.25, 0.3) is 0 Å². The van der Waals surface area contributed by atoms with Gasteiger partial charge in [-0.3, -0.25) is 4.79 Å². The van der Waals surface area contributed by atoms with E-state index in [9.17, 15) is 18.0 Å². The van der Waals surface area contributed by atoms with Crippen LogP contribution in [0.25, 0.3) is 0 Å². The van der Waals surface area contributed by atoms with Gasteiger partial charge in [-0.05, 0) is 18.6 Å². The predicted molar refractivity (Wildman–Crippen MR) is 71.1 cm³/mol. The lowest BCUT2D eigenvalue weighted by molar-refractivity contribution is -0.153. The molecule has 0 fully saturated rings. The Morgan fingerprint density at radius 3 is 2.67 bits per heavy atom. The van der Waals surface area contributed by atoms with Gasteiger partial charge in [0.05, 0.1) is 11.7 Å². The van der Waals surface area contributed by atoms with E-state index in [4.69, 9.17) is 10.5 Å². The first kappa shape index (κ1) is 17.3. The maximum absolute atomic E-state index is 12.2. The molecule has 1 unspecified atom stereocenters. The van der Waals surface area contributed by atoms with E-state index in [-0.39, 0.29) is 11.4 Å². The number of ether oxygens (including phenoxy) is 2. The van der Waals surface area contributed by atoms with Crippen LogP contribution in [0.15, 0.2) is 24.3 Å². The van der Waals surface area contributed by atoms with Crippen molar-refractivity contribution in [1.29, 1.82) is 0 Å². The van der Waals surface area contributed by atoms with E-state index in [0.717, 1.165) is 0 Å². The number of para-hydroxylation sites is 2. The molecule has 1 rings (SSSR count). The van der Waals surface area contributed by atoms with E-state index in [1.54, 1.807) is 6.07 Å². The second kappa shape index (κ2) is 7.84. The van der Waals surface area contributed by atoms with Crippen molar-refractivity contribution in [3.63, 3.8) is 0 Å². The van der Waals surface area contributed by atoms with E-state index in [1.165, 1.54) is 25.3 Å². The fraction of sp³-hybridized carbons (Fsp3) is 0.462. The minimum atomic E-state index is -4.45. The molecule has 0 spiro atoms. The molecule has 3 N–H and O–H groups in total. The van der Waals surface area contributed by atoms with Crippen LogP contribution in [0, 0.1) is 0 Å². The minimum absolute atomic E-state index is 0.0675. The molecular weight excluding hydrogens is 289 g/mol. The molecule has 8 heteroatoms. The highest BCUT2D eigenvalue weighted by molar-refractivity contribution is 5.95. The number of rotatable bonds is 7. The second-order valence-electron chi connectivity index (χ2n) is 4.28. The zero-order valence-electron chi connectivity index (χ0n) is 11.4. The lowest BCUT2D eigenvalue weighted by Gasteiger charge is -2.16. The Kier molecular flexibility index (Phi) is 6.44. The number of hydrogen-bond donors (Lipinski definition) is 2. The third-order valence-electron chi connectivity index (χ3n) is 2.51. The van der Waals surface area contributed by atoms with E-state index in [1.807, 2.05) is 0 Å². The van der Waals surface area contributed by atoms with Gasteiger partial charge >= 0.3 is 6.18 Å². The number of hydrogen-bond acceptors (Lipinski definition) is 4.